The van der Waals surface area contributed by atoms with Crippen molar-refractivity contribution in [3.63, 3.8) is 0 Å². The molecule has 1 aliphatic heterocycles. The molecule has 1 aromatic carbocycles. The van der Waals surface area contributed by atoms with E-state index in [0.29, 0.717) is 18.7 Å². The van der Waals surface area contributed by atoms with Crippen molar-refractivity contribution < 1.29 is 19.4 Å². The van der Waals surface area contributed by atoms with Gasteiger partial charge >= 0.3 is 5.97 Å². The van der Waals surface area contributed by atoms with Crippen molar-refractivity contribution in [2.45, 2.75) is 24.9 Å². The second-order valence-electron chi connectivity index (χ2n) is 5.87. The molecule has 126 valence electrons. The first-order valence-corrected chi connectivity index (χ1v) is 7.62. The monoisotopic (exact) mass is 330 g/mol. The molecule has 0 aliphatic carbocycles. The SMILES string of the molecule is O=C(O)CC1(NC(=O)Cn2cc(-c3ccccc3)nn2)CCOC1. The molecule has 1 saturated heterocycles. The highest BCUT2D eigenvalue weighted by Crippen LogP contribution is 2.22. The van der Waals surface area contributed by atoms with Crippen molar-refractivity contribution in [3.05, 3.63) is 36.5 Å². The highest BCUT2D eigenvalue weighted by Gasteiger charge is 2.38. The Morgan fingerprint density at radius 1 is 1.33 bits per heavy atom. The lowest BCUT2D eigenvalue weighted by atomic mass is 9.94. The maximum Gasteiger partial charge on any atom is 0.305 e. The van der Waals surface area contributed by atoms with Gasteiger partial charge in [0, 0.05) is 12.2 Å². The van der Waals surface area contributed by atoms with Gasteiger partial charge in [0.2, 0.25) is 5.91 Å². The van der Waals surface area contributed by atoms with Crippen LogP contribution >= 0.6 is 0 Å². The van der Waals surface area contributed by atoms with Crippen molar-refractivity contribution in [1.29, 1.82) is 0 Å². The van der Waals surface area contributed by atoms with E-state index in [1.165, 1.54) is 4.68 Å². The number of aliphatic carboxylic acids is 1. The van der Waals surface area contributed by atoms with Crippen molar-refractivity contribution in [3.8, 4) is 11.3 Å². The van der Waals surface area contributed by atoms with Crippen LogP contribution in [0.1, 0.15) is 12.8 Å². The van der Waals surface area contributed by atoms with Gasteiger partial charge in [0.15, 0.2) is 0 Å². The largest absolute Gasteiger partial charge is 0.481 e. The van der Waals surface area contributed by atoms with Crippen LogP contribution in [0, 0.1) is 0 Å². The summed E-state index contributed by atoms with van der Waals surface area (Å²) in [6, 6.07) is 9.53. The molecule has 0 spiro atoms. The van der Waals surface area contributed by atoms with Gasteiger partial charge in [-0.05, 0) is 6.42 Å². The Kier molecular flexibility index (Phi) is 4.57. The maximum absolute atomic E-state index is 12.3. The predicted octanol–water partition coefficient (Wildman–Crippen LogP) is 0.695. The third-order valence-electron chi connectivity index (χ3n) is 3.91. The number of nitrogens with zero attached hydrogens (tertiary/aromatic N) is 3. The van der Waals surface area contributed by atoms with Gasteiger partial charge in [0.25, 0.3) is 0 Å². The van der Waals surface area contributed by atoms with Crippen LogP contribution in [-0.4, -0.2) is 50.7 Å². The number of ether oxygens (including phenoxy) is 1. The summed E-state index contributed by atoms with van der Waals surface area (Å²) < 4.78 is 6.69. The Morgan fingerprint density at radius 2 is 2.12 bits per heavy atom. The van der Waals surface area contributed by atoms with Crippen molar-refractivity contribution >= 4 is 11.9 Å². The minimum Gasteiger partial charge on any atom is -0.481 e. The average Bonchev–Trinajstić information content (AvgIpc) is 3.17. The molecule has 1 unspecified atom stereocenters. The standard InChI is InChI=1S/C16H18N4O4/c21-14(17-16(8-15(22)23)6-7-24-11-16)10-20-9-13(18-19-20)12-4-2-1-3-5-12/h1-5,9H,6-8,10-11H2,(H,17,21)(H,22,23). The number of benzene rings is 1. The second-order valence-corrected chi connectivity index (χ2v) is 5.87. The van der Waals surface area contributed by atoms with E-state index in [4.69, 9.17) is 9.84 Å². The maximum atomic E-state index is 12.3. The molecule has 2 aromatic rings. The van der Waals surface area contributed by atoms with Crippen LogP contribution in [0.2, 0.25) is 0 Å². The van der Waals surface area contributed by atoms with E-state index < -0.39 is 11.5 Å². The number of hydrogen-bond donors (Lipinski definition) is 2. The molecule has 2 heterocycles. The fraction of sp³-hybridized carbons (Fsp3) is 0.375. The molecule has 8 heteroatoms. The van der Waals surface area contributed by atoms with E-state index in [0.717, 1.165) is 5.56 Å². The van der Waals surface area contributed by atoms with E-state index in [2.05, 4.69) is 15.6 Å². The molecule has 1 aromatic heterocycles. The van der Waals surface area contributed by atoms with Crippen LogP contribution in [0.15, 0.2) is 36.5 Å². The van der Waals surface area contributed by atoms with Crippen LogP contribution in [0.3, 0.4) is 0 Å². The van der Waals surface area contributed by atoms with Crippen LogP contribution in [-0.2, 0) is 20.9 Å². The van der Waals surface area contributed by atoms with Crippen LogP contribution in [0.5, 0.6) is 0 Å². The molecular weight excluding hydrogens is 312 g/mol. The Balaban J connectivity index is 1.64. The molecule has 1 amide bonds. The molecule has 1 aliphatic rings. The smallest absolute Gasteiger partial charge is 0.305 e. The third-order valence-corrected chi connectivity index (χ3v) is 3.91. The zero-order chi connectivity index (χ0) is 17.0. The Labute approximate surface area is 138 Å². The van der Waals surface area contributed by atoms with Gasteiger partial charge in [-0.1, -0.05) is 35.5 Å². The molecule has 8 nitrogen and oxygen atoms in total. The van der Waals surface area contributed by atoms with Crippen molar-refractivity contribution in [1.82, 2.24) is 20.3 Å². The van der Waals surface area contributed by atoms with Gasteiger partial charge in [-0.15, -0.1) is 5.10 Å². The number of carboxylic acid groups (broad SMARTS) is 1. The fourth-order valence-electron chi connectivity index (χ4n) is 2.78. The van der Waals surface area contributed by atoms with Crippen LogP contribution < -0.4 is 5.32 Å². The Bertz CT molecular complexity index is 723. The minimum atomic E-state index is -0.965. The van der Waals surface area contributed by atoms with Gasteiger partial charge in [-0.3, -0.25) is 9.59 Å². The van der Waals surface area contributed by atoms with E-state index in [1.807, 2.05) is 30.3 Å². The number of carbonyl (C=O) groups is 2. The zero-order valence-electron chi connectivity index (χ0n) is 13.0. The molecule has 0 saturated carbocycles. The number of amides is 1. The molecule has 0 radical (unpaired) electrons. The van der Waals surface area contributed by atoms with Gasteiger partial charge < -0.3 is 15.2 Å². The quantitative estimate of drug-likeness (QED) is 0.807. The summed E-state index contributed by atoms with van der Waals surface area (Å²) in [6.07, 6.45) is 2.01. The summed E-state index contributed by atoms with van der Waals surface area (Å²) in [6.45, 7) is 0.619. The van der Waals surface area contributed by atoms with Crippen molar-refractivity contribution in [2.75, 3.05) is 13.2 Å². The molecule has 0 bridgehead atoms. The summed E-state index contributed by atoms with van der Waals surface area (Å²) >= 11 is 0. The first-order valence-electron chi connectivity index (χ1n) is 7.62. The van der Waals surface area contributed by atoms with Gasteiger partial charge in [0.1, 0.15) is 12.2 Å². The molecular formula is C16H18N4O4. The summed E-state index contributed by atoms with van der Waals surface area (Å²) in [5, 5.41) is 19.8. The zero-order valence-corrected chi connectivity index (χ0v) is 13.0. The fourth-order valence-corrected chi connectivity index (χ4v) is 2.78. The third kappa shape index (κ3) is 3.77. The molecule has 3 rings (SSSR count). The van der Waals surface area contributed by atoms with Crippen LogP contribution in [0.4, 0.5) is 0 Å². The lowest BCUT2D eigenvalue weighted by Gasteiger charge is -2.26. The first-order chi connectivity index (χ1) is 11.6. The van der Waals surface area contributed by atoms with E-state index >= 15 is 0 Å². The normalized spacial score (nSPS) is 20.0. The number of rotatable bonds is 6. The second kappa shape index (κ2) is 6.79. The highest BCUT2D eigenvalue weighted by atomic mass is 16.5. The highest BCUT2D eigenvalue weighted by molar-refractivity contribution is 5.78. The number of carboxylic acids is 1. The van der Waals surface area contributed by atoms with E-state index in [9.17, 15) is 9.59 Å². The number of aromatic nitrogens is 3. The van der Waals surface area contributed by atoms with Gasteiger partial charge in [-0.25, -0.2) is 4.68 Å². The topological polar surface area (TPSA) is 106 Å². The summed E-state index contributed by atoms with van der Waals surface area (Å²) in [4.78, 5) is 23.3. The van der Waals surface area contributed by atoms with Crippen LogP contribution in [0.25, 0.3) is 11.3 Å². The van der Waals surface area contributed by atoms with Crippen molar-refractivity contribution in [2.24, 2.45) is 0 Å². The molecule has 1 fully saturated rings. The van der Waals surface area contributed by atoms with Gasteiger partial charge in [0.05, 0.1) is 24.8 Å². The Hall–Kier alpha value is -2.74. The predicted molar refractivity (Wildman–Crippen MR) is 84.0 cm³/mol. The molecule has 1 atom stereocenters. The first kappa shape index (κ1) is 16.1. The molecule has 24 heavy (non-hydrogen) atoms. The van der Waals surface area contributed by atoms with E-state index in [1.54, 1.807) is 6.20 Å². The molecule has 2 N–H and O–H groups in total. The summed E-state index contributed by atoms with van der Waals surface area (Å²) in [7, 11) is 0. The van der Waals surface area contributed by atoms with Gasteiger partial charge in [-0.2, -0.15) is 0 Å². The number of nitrogens with one attached hydrogen (secondary N) is 1. The summed E-state index contributed by atoms with van der Waals surface area (Å²) in [5.74, 6) is -1.28. The lowest BCUT2D eigenvalue weighted by molar-refractivity contribution is -0.139. The Morgan fingerprint density at radius 3 is 2.79 bits per heavy atom. The van der Waals surface area contributed by atoms with E-state index in [-0.39, 0.29) is 25.5 Å². The minimum absolute atomic E-state index is 0.0266. The summed E-state index contributed by atoms with van der Waals surface area (Å²) in [5.41, 5.74) is 0.745. The average molecular weight is 330 g/mol. The number of hydrogen-bond acceptors (Lipinski definition) is 5. The number of carbonyl (C=O) groups excluding carboxylic acids is 1. The lowest BCUT2D eigenvalue weighted by Crippen LogP contribution is -2.51.